The topological polar surface area (TPSA) is 134 Å². The summed E-state index contributed by atoms with van der Waals surface area (Å²) in [6.07, 6.45) is 2.88. The van der Waals surface area contributed by atoms with Crippen molar-refractivity contribution in [3.8, 4) is 0 Å². The lowest BCUT2D eigenvalue weighted by molar-refractivity contribution is -0.126. The summed E-state index contributed by atoms with van der Waals surface area (Å²) in [5, 5.41) is 10.3. The third kappa shape index (κ3) is 12.7. The Hall–Kier alpha value is -3.94. The van der Waals surface area contributed by atoms with E-state index in [1.165, 1.54) is 18.4 Å². The van der Waals surface area contributed by atoms with Crippen LogP contribution in [0.2, 0.25) is 0 Å². The number of amides is 4. The molecule has 4 amide bonds. The quantitative estimate of drug-likeness (QED) is 0.153. The summed E-state index contributed by atoms with van der Waals surface area (Å²) >= 11 is 3.16. The Bertz CT molecular complexity index is 1510. The summed E-state index contributed by atoms with van der Waals surface area (Å²) in [5.74, 6) is 0.848. The van der Waals surface area contributed by atoms with Crippen molar-refractivity contribution in [3.05, 3.63) is 88.4 Å². The molecular formula is C37H50N6O5S2. The minimum atomic E-state index is -0.930. The summed E-state index contributed by atoms with van der Waals surface area (Å²) in [5.41, 5.74) is 3.84. The Labute approximate surface area is 304 Å². The van der Waals surface area contributed by atoms with Gasteiger partial charge in [-0.3, -0.25) is 14.8 Å². The van der Waals surface area contributed by atoms with Gasteiger partial charge in [0.15, 0.2) is 0 Å². The maximum absolute atomic E-state index is 13.9. The molecular weight excluding hydrogens is 673 g/mol. The molecule has 11 nitrogen and oxygen atoms in total. The van der Waals surface area contributed by atoms with Crippen molar-refractivity contribution in [2.75, 3.05) is 26.5 Å². The van der Waals surface area contributed by atoms with Crippen LogP contribution < -0.4 is 16.0 Å². The van der Waals surface area contributed by atoms with Gasteiger partial charge in [-0.2, -0.15) is 0 Å². The molecule has 4 rings (SSSR count). The molecule has 1 aliphatic heterocycles. The van der Waals surface area contributed by atoms with E-state index in [-0.39, 0.29) is 36.7 Å². The number of carbonyl (C=O) groups excluding carboxylic acids is 3. The van der Waals surface area contributed by atoms with Crippen LogP contribution in [0.5, 0.6) is 0 Å². The number of nitrogens with one attached hydrogen (secondary N) is 3. The first-order chi connectivity index (χ1) is 24.1. The molecule has 50 heavy (non-hydrogen) atoms. The molecule has 2 unspecified atom stereocenters. The number of thiazole rings is 1. The average molecular weight is 723 g/mol. The highest BCUT2D eigenvalue weighted by Crippen LogP contribution is 2.23. The number of hydrogen-bond acceptors (Lipinski definition) is 9. The second kappa shape index (κ2) is 20.0. The fraction of sp³-hybridized carbons (Fsp3) is 0.486. The number of methoxy groups -OCH3 is 1. The van der Waals surface area contributed by atoms with Crippen molar-refractivity contribution in [3.63, 3.8) is 0 Å². The number of carbonyl (C=O) groups is 3. The van der Waals surface area contributed by atoms with E-state index in [1.807, 2.05) is 60.7 Å². The smallest absolute Gasteiger partial charge is 0.407 e. The van der Waals surface area contributed by atoms with Crippen LogP contribution in [0.15, 0.2) is 77.4 Å². The highest BCUT2D eigenvalue weighted by atomic mass is 32.2. The van der Waals surface area contributed by atoms with E-state index in [9.17, 15) is 14.4 Å². The van der Waals surface area contributed by atoms with E-state index in [1.54, 1.807) is 42.3 Å². The molecule has 13 heteroatoms. The van der Waals surface area contributed by atoms with Gasteiger partial charge in [-0.05, 0) is 43.7 Å². The molecule has 0 radical (unpaired) electrons. The molecule has 5 atom stereocenters. The van der Waals surface area contributed by atoms with Crippen molar-refractivity contribution < 1.29 is 23.9 Å². The van der Waals surface area contributed by atoms with Crippen LogP contribution in [0.25, 0.3) is 0 Å². The molecule has 3 N–H and O–H groups in total. The molecule has 0 spiro atoms. The summed E-state index contributed by atoms with van der Waals surface area (Å²) < 4.78 is 11.1. The predicted molar refractivity (Wildman–Crippen MR) is 201 cm³/mol. The molecule has 270 valence electrons. The molecule has 0 bridgehead atoms. The number of ether oxygens (including phenoxy) is 2. The van der Waals surface area contributed by atoms with Crippen molar-refractivity contribution >= 4 is 46.2 Å². The number of thioether (sulfide) groups is 1. The number of nitrogens with zero attached hydrogens (tertiary/aromatic N) is 3. The van der Waals surface area contributed by atoms with E-state index in [0.29, 0.717) is 38.1 Å². The summed E-state index contributed by atoms with van der Waals surface area (Å²) in [6.45, 7) is 6.59. The normalized spacial score (nSPS) is 16.5. The van der Waals surface area contributed by atoms with Gasteiger partial charge < -0.3 is 30.3 Å². The van der Waals surface area contributed by atoms with Crippen LogP contribution in [0.1, 0.15) is 49.6 Å². The van der Waals surface area contributed by atoms with Crippen LogP contribution in [0.3, 0.4) is 0 Å². The van der Waals surface area contributed by atoms with Gasteiger partial charge in [0.2, 0.25) is 5.91 Å². The van der Waals surface area contributed by atoms with E-state index >= 15 is 0 Å². The van der Waals surface area contributed by atoms with Gasteiger partial charge in [0.25, 0.3) is 0 Å². The minimum absolute atomic E-state index is 0.0120. The van der Waals surface area contributed by atoms with Crippen LogP contribution in [0, 0.1) is 5.92 Å². The van der Waals surface area contributed by atoms with Crippen molar-refractivity contribution in [2.45, 2.75) is 83.3 Å². The second-order valence-corrected chi connectivity index (χ2v) is 14.9. The third-order valence-electron chi connectivity index (χ3n) is 8.47. The van der Waals surface area contributed by atoms with Gasteiger partial charge in [-0.25, -0.2) is 9.59 Å². The Morgan fingerprint density at radius 1 is 0.920 bits per heavy atom. The van der Waals surface area contributed by atoms with Gasteiger partial charge in [-0.1, -0.05) is 74.5 Å². The van der Waals surface area contributed by atoms with Gasteiger partial charge in [0.1, 0.15) is 12.6 Å². The molecule has 2 aromatic carbocycles. The monoisotopic (exact) mass is 722 g/mol. The molecule has 1 aliphatic rings. The second-order valence-electron chi connectivity index (χ2n) is 12.9. The summed E-state index contributed by atoms with van der Waals surface area (Å²) in [4.78, 5) is 51.4. The van der Waals surface area contributed by atoms with Gasteiger partial charge >= 0.3 is 12.1 Å². The number of urea groups is 1. The number of benzene rings is 2. The number of hydrogen-bond donors (Lipinski definition) is 3. The Balaban J connectivity index is 1.44. The summed E-state index contributed by atoms with van der Waals surface area (Å²) in [6, 6.07) is 18.1. The molecule has 0 aliphatic carbocycles. The largest absolute Gasteiger partial charge is 0.444 e. The maximum Gasteiger partial charge on any atom is 0.407 e. The number of aliphatic imine (C=N–C) groups is 1. The van der Waals surface area contributed by atoms with E-state index < -0.39 is 18.2 Å². The van der Waals surface area contributed by atoms with Gasteiger partial charge in [0.05, 0.1) is 27.6 Å². The Morgan fingerprint density at radius 3 is 2.08 bits per heavy atom. The van der Waals surface area contributed by atoms with E-state index in [2.05, 4.69) is 34.8 Å². The molecule has 0 fully saturated rings. The molecule has 0 saturated carbocycles. The van der Waals surface area contributed by atoms with Crippen LogP contribution in [-0.4, -0.2) is 89.7 Å². The van der Waals surface area contributed by atoms with E-state index in [4.69, 9.17) is 14.5 Å². The first-order valence-corrected chi connectivity index (χ1v) is 18.9. The number of alkyl carbamates (subject to hydrolysis) is 1. The van der Waals surface area contributed by atoms with Crippen LogP contribution >= 0.6 is 23.1 Å². The van der Waals surface area contributed by atoms with Crippen LogP contribution in [0.4, 0.5) is 9.59 Å². The molecule has 2 heterocycles. The predicted octanol–water partition coefficient (Wildman–Crippen LogP) is 5.70. The number of aromatic nitrogens is 1. The zero-order valence-corrected chi connectivity index (χ0v) is 31.2. The molecule has 3 aromatic rings. The first kappa shape index (κ1) is 38.9. The lowest BCUT2D eigenvalue weighted by atomic mass is 9.95. The maximum atomic E-state index is 13.9. The molecule has 0 saturated heterocycles. The zero-order chi connectivity index (χ0) is 35.9. The lowest BCUT2D eigenvalue weighted by Crippen LogP contribution is -2.57. The van der Waals surface area contributed by atoms with Gasteiger partial charge in [-0.15, -0.1) is 23.1 Å². The SMILES string of the molecule is COC(C)[C@H](NC(=O)N(C)CC1CSC(C(C)C)=N1)C(=O)N[C@H](CC[C@H](Cc1ccccc1)NC(=O)OCc1cncs1)Cc1ccccc1. The first-order valence-electron chi connectivity index (χ1n) is 17.0. The van der Waals surface area contributed by atoms with Crippen molar-refractivity contribution in [2.24, 2.45) is 10.9 Å². The number of likely N-dealkylation sites (N-methyl/N-ethyl adjacent to an activating group) is 1. The fourth-order valence-electron chi connectivity index (χ4n) is 5.62. The van der Waals surface area contributed by atoms with Crippen LogP contribution in [-0.2, 0) is 33.7 Å². The fourth-order valence-corrected chi connectivity index (χ4v) is 7.23. The zero-order valence-electron chi connectivity index (χ0n) is 29.5. The van der Waals surface area contributed by atoms with Gasteiger partial charge in [0, 0.05) is 50.7 Å². The van der Waals surface area contributed by atoms with E-state index in [0.717, 1.165) is 26.8 Å². The third-order valence-corrected chi connectivity index (χ3v) is 10.6. The Morgan fingerprint density at radius 2 is 1.54 bits per heavy atom. The number of rotatable bonds is 18. The lowest BCUT2D eigenvalue weighted by Gasteiger charge is -2.29. The van der Waals surface area contributed by atoms with Crippen molar-refractivity contribution in [1.82, 2.24) is 25.8 Å². The van der Waals surface area contributed by atoms with Crippen molar-refractivity contribution in [1.29, 1.82) is 0 Å². The highest BCUT2D eigenvalue weighted by molar-refractivity contribution is 8.14. The minimum Gasteiger partial charge on any atom is -0.444 e. The Kier molecular flexibility index (Phi) is 15.6. The summed E-state index contributed by atoms with van der Waals surface area (Å²) in [7, 11) is 3.24. The standard InChI is InChI=1S/C37H50N6O5S2/c1-25(2)35-40-31(23-49-35)21-43(4)36(45)42-33(26(3)47-5)34(44)39-29(18-27-12-8-6-9-13-27)16-17-30(19-28-14-10-7-11-15-28)41-37(46)48-22-32-20-38-24-50-32/h6-15,20,24-26,29-31,33H,16-19,21-23H2,1-5H3,(H,39,44)(H,41,46)(H,42,45)/t26?,29-,30-,31?,33+/m1/s1. The highest BCUT2D eigenvalue weighted by Gasteiger charge is 2.31. The average Bonchev–Trinajstić information content (AvgIpc) is 3.82. The molecule has 1 aromatic heterocycles.